The smallest absolute Gasteiger partial charge is 0.256 e. The number of hydrogen-bond donors (Lipinski definition) is 3. The maximum Gasteiger partial charge on any atom is 0.256 e. The van der Waals surface area contributed by atoms with Crippen molar-refractivity contribution in [1.82, 2.24) is 4.90 Å². The Bertz CT molecular complexity index is 1040. The van der Waals surface area contributed by atoms with Crippen molar-refractivity contribution < 1.29 is 9.59 Å². The van der Waals surface area contributed by atoms with Crippen LogP contribution in [-0.4, -0.2) is 35.8 Å². The predicted octanol–water partition coefficient (Wildman–Crippen LogP) is 3.30. The molecule has 1 aliphatic rings. The molecule has 0 spiro atoms. The number of carbonyl (C=O) groups is 2. The van der Waals surface area contributed by atoms with Crippen molar-refractivity contribution >= 4 is 28.2 Å². The topological polar surface area (TPSA) is 101 Å². The van der Waals surface area contributed by atoms with Gasteiger partial charge < -0.3 is 16.8 Å². The predicted molar refractivity (Wildman–Crippen MR) is 121 cm³/mol. The minimum absolute atomic E-state index is 0.273. The normalized spacial score (nSPS) is 16.5. The summed E-state index contributed by atoms with van der Waals surface area (Å²) in [6.45, 7) is 2.93. The molecule has 1 aliphatic heterocycles. The molecule has 2 amide bonds. The lowest BCUT2D eigenvalue weighted by Gasteiger charge is -2.15. The first kappa shape index (κ1) is 20.3. The van der Waals surface area contributed by atoms with E-state index in [2.05, 4.69) is 34.5 Å². The van der Waals surface area contributed by atoms with E-state index in [0.717, 1.165) is 37.2 Å². The van der Waals surface area contributed by atoms with Crippen LogP contribution < -0.4 is 16.8 Å². The Morgan fingerprint density at radius 1 is 1.03 bits per heavy atom. The van der Waals surface area contributed by atoms with Crippen molar-refractivity contribution in [2.24, 2.45) is 11.5 Å². The zero-order chi connectivity index (χ0) is 21.1. The number of anilines is 1. The van der Waals surface area contributed by atoms with Gasteiger partial charge in [-0.3, -0.25) is 14.5 Å². The van der Waals surface area contributed by atoms with Gasteiger partial charge in [0.25, 0.3) is 11.8 Å². The van der Waals surface area contributed by atoms with Crippen molar-refractivity contribution in [1.29, 1.82) is 0 Å². The maximum atomic E-state index is 12.5. The molecule has 1 unspecified atom stereocenters. The summed E-state index contributed by atoms with van der Waals surface area (Å²) in [5.74, 6) is -0.830. The lowest BCUT2D eigenvalue weighted by Crippen LogP contribution is -2.26. The molecule has 30 heavy (non-hydrogen) atoms. The SMILES string of the molecule is NC(=O)c1ccsc1NC(=O)c1ccc(-c2ccc(CN3CCC(N)C3)cc2)cc1. The fraction of sp³-hybridized carbons (Fsp3) is 0.217. The van der Waals surface area contributed by atoms with E-state index in [1.54, 1.807) is 23.6 Å². The molecular weight excluding hydrogens is 396 g/mol. The molecule has 0 bridgehead atoms. The highest BCUT2D eigenvalue weighted by atomic mass is 32.1. The minimum atomic E-state index is -0.557. The highest BCUT2D eigenvalue weighted by Crippen LogP contribution is 2.25. The van der Waals surface area contributed by atoms with Gasteiger partial charge in [0.15, 0.2) is 0 Å². The van der Waals surface area contributed by atoms with Gasteiger partial charge in [0, 0.05) is 31.2 Å². The number of nitrogens with one attached hydrogen (secondary N) is 1. The number of primary amides is 1. The molecule has 5 N–H and O–H groups in total. The Hall–Kier alpha value is -3.00. The monoisotopic (exact) mass is 420 g/mol. The van der Waals surface area contributed by atoms with Crippen LogP contribution in [0.3, 0.4) is 0 Å². The lowest BCUT2D eigenvalue weighted by molar-refractivity contribution is 0.100. The van der Waals surface area contributed by atoms with Gasteiger partial charge in [0.05, 0.1) is 5.56 Å². The Labute approximate surface area is 179 Å². The van der Waals surface area contributed by atoms with Crippen molar-refractivity contribution in [2.75, 3.05) is 18.4 Å². The lowest BCUT2D eigenvalue weighted by atomic mass is 10.0. The van der Waals surface area contributed by atoms with E-state index >= 15 is 0 Å². The number of rotatable bonds is 6. The summed E-state index contributed by atoms with van der Waals surface area (Å²) in [7, 11) is 0. The van der Waals surface area contributed by atoms with Gasteiger partial charge in [-0.15, -0.1) is 11.3 Å². The van der Waals surface area contributed by atoms with Crippen molar-refractivity contribution in [3.8, 4) is 11.1 Å². The van der Waals surface area contributed by atoms with E-state index in [4.69, 9.17) is 11.5 Å². The number of likely N-dealkylation sites (tertiary alicyclic amines) is 1. The number of benzene rings is 2. The highest BCUT2D eigenvalue weighted by molar-refractivity contribution is 7.14. The molecule has 0 aliphatic carbocycles. The molecule has 1 fully saturated rings. The van der Waals surface area contributed by atoms with E-state index in [1.165, 1.54) is 16.9 Å². The zero-order valence-corrected chi connectivity index (χ0v) is 17.3. The summed E-state index contributed by atoms with van der Waals surface area (Å²) in [6, 6.07) is 17.8. The van der Waals surface area contributed by atoms with E-state index in [1.807, 2.05) is 12.1 Å². The average molecular weight is 421 g/mol. The maximum absolute atomic E-state index is 12.5. The number of nitrogens with zero attached hydrogens (tertiary/aromatic N) is 1. The Balaban J connectivity index is 1.41. The molecule has 1 atom stereocenters. The Kier molecular flexibility index (Phi) is 5.94. The molecule has 2 aromatic carbocycles. The van der Waals surface area contributed by atoms with Crippen LogP contribution in [0.2, 0.25) is 0 Å². The van der Waals surface area contributed by atoms with E-state index in [9.17, 15) is 9.59 Å². The van der Waals surface area contributed by atoms with Gasteiger partial charge in [-0.25, -0.2) is 0 Å². The molecule has 6 nitrogen and oxygen atoms in total. The molecule has 154 valence electrons. The first-order chi connectivity index (χ1) is 14.5. The second kappa shape index (κ2) is 8.79. The van der Waals surface area contributed by atoms with Crippen molar-refractivity contribution in [2.45, 2.75) is 19.0 Å². The van der Waals surface area contributed by atoms with Gasteiger partial charge in [0.1, 0.15) is 5.00 Å². The summed E-state index contributed by atoms with van der Waals surface area (Å²) >= 11 is 1.27. The van der Waals surface area contributed by atoms with Crippen LogP contribution in [0, 0.1) is 0 Å². The van der Waals surface area contributed by atoms with Gasteiger partial charge in [0.2, 0.25) is 0 Å². The van der Waals surface area contributed by atoms with Crippen LogP contribution in [0.1, 0.15) is 32.7 Å². The number of carbonyl (C=O) groups excluding carboxylic acids is 2. The van der Waals surface area contributed by atoms with Crippen molar-refractivity contribution in [3.05, 3.63) is 76.7 Å². The standard InChI is InChI=1S/C23H24N4O2S/c24-19-9-11-27(14-19)13-15-1-3-16(4-2-15)17-5-7-18(8-6-17)22(29)26-23-20(21(25)28)10-12-30-23/h1-8,10,12,19H,9,11,13-14,24H2,(H2,25,28)(H,26,29). The largest absolute Gasteiger partial charge is 0.366 e. The molecule has 3 aromatic rings. The third kappa shape index (κ3) is 4.59. The second-order valence-electron chi connectivity index (χ2n) is 7.54. The highest BCUT2D eigenvalue weighted by Gasteiger charge is 2.18. The summed E-state index contributed by atoms with van der Waals surface area (Å²) in [4.78, 5) is 26.3. The summed E-state index contributed by atoms with van der Waals surface area (Å²) in [6.07, 6.45) is 1.06. The average Bonchev–Trinajstić information content (AvgIpc) is 3.37. The first-order valence-electron chi connectivity index (χ1n) is 9.85. The van der Waals surface area contributed by atoms with Crippen LogP contribution in [0.15, 0.2) is 60.0 Å². The third-order valence-corrected chi connectivity index (χ3v) is 6.14. The van der Waals surface area contributed by atoms with E-state index in [-0.39, 0.29) is 5.91 Å². The van der Waals surface area contributed by atoms with E-state index < -0.39 is 5.91 Å². The third-order valence-electron chi connectivity index (χ3n) is 5.31. The van der Waals surface area contributed by atoms with Crippen LogP contribution in [0.5, 0.6) is 0 Å². The van der Waals surface area contributed by atoms with Gasteiger partial charge in [-0.05, 0) is 46.7 Å². The Morgan fingerprint density at radius 3 is 2.30 bits per heavy atom. The number of hydrogen-bond acceptors (Lipinski definition) is 5. The molecule has 0 radical (unpaired) electrons. The molecular formula is C23H24N4O2S. The van der Waals surface area contributed by atoms with Gasteiger partial charge in [-0.2, -0.15) is 0 Å². The summed E-state index contributed by atoms with van der Waals surface area (Å²) in [5, 5.41) is 4.94. The molecule has 1 saturated heterocycles. The van der Waals surface area contributed by atoms with Crippen LogP contribution in [-0.2, 0) is 6.54 Å². The van der Waals surface area contributed by atoms with Gasteiger partial charge >= 0.3 is 0 Å². The van der Waals surface area contributed by atoms with E-state index in [0.29, 0.717) is 22.2 Å². The van der Waals surface area contributed by atoms with Crippen molar-refractivity contribution in [3.63, 3.8) is 0 Å². The molecule has 7 heteroatoms. The fourth-order valence-electron chi connectivity index (χ4n) is 3.66. The quantitative estimate of drug-likeness (QED) is 0.569. The number of nitrogens with two attached hydrogens (primary N) is 2. The second-order valence-corrected chi connectivity index (χ2v) is 8.46. The van der Waals surface area contributed by atoms with Crippen LogP contribution in [0.4, 0.5) is 5.00 Å². The minimum Gasteiger partial charge on any atom is -0.366 e. The summed E-state index contributed by atoms with van der Waals surface area (Å²) < 4.78 is 0. The molecule has 2 heterocycles. The number of thiophene rings is 1. The Morgan fingerprint density at radius 2 is 1.70 bits per heavy atom. The summed E-state index contributed by atoms with van der Waals surface area (Å²) in [5.41, 5.74) is 15.5. The van der Waals surface area contributed by atoms with Crippen LogP contribution >= 0.6 is 11.3 Å². The zero-order valence-electron chi connectivity index (χ0n) is 16.5. The molecule has 1 aromatic heterocycles. The molecule has 4 rings (SSSR count). The fourth-order valence-corrected chi connectivity index (χ4v) is 4.44. The number of amides is 2. The van der Waals surface area contributed by atoms with Crippen LogP contribution in [0.25, 0.3) is 11.1 Å². The van der Waals surface area contributed by atoms with Gasteiger partial charge in [-0.1, -0.05) is 36.4 Å². The molecule has 0 saturated carbocycles. The first-order valence-corrected chi connectivity index (χ1v) is 10.7.